The van der Waals surface area contributed by atoms with Gasteiger partial charge in [0.15, 0.2) is 0 Å². The van der Waals surface area contributed by atoms with E-state index >= 15 is 0 Å². The number of rotatable bonds is 5. The van der Waals surface area contributed by atoms with Crippen LogP contribution in [0.5, 0.6) is 0 Å². The van der Waals surface area contributed by atoms with Crippen molar-refractivity contribution in [2.45, 2.75) is 26.7 Å². The predicted molar refractivity (Wildman–Crippen MR) is 77.9 cm³/mol. The van der Waals surface area contributed by atoms with E-state index in [4.69, 9.17) is 0 Å². The van der Waals surface area contributed by atoms with Crippen molar-refractivity contribution >= 4 is 21.8 Å². The van der Waals surface area contributed by atoms with Crippen LogP contribution in [-0.4, -0.2) is 53.8 Å². The number of nitrogens with zero attached hydrogens (tertiary/aromatic N) is 2. The van der Waals surface area contributed by atoms with E-state index in [1.54, 1.807) is 0 Å². The third-order valence-electron chi connectivity index (χ3n) is 3.98. The quantitative estimate of drug-likeness (QED) is 0.726. The molecule has 2 aliphatic rings. The van der Waals surface area contributed by atoms with Crippen LogP contribution < -0.4 is 0 Å². The Morgan fingerprint density at radius 3 is 2.72 bits per heavy atom. The molecule has 3 nitrogen and oxygen atoms in total. The van der Waals surface area contributed by atoms with Gasteiger partial charge >= 0.3 is 0 Å². The van der Waals surface area contributed by atoms with Gasteiger partial charge in [0.2, 0.25) is 5.91 Å². The molecule has 0 aromatic heterocycles. The van der Waals surface area contributed by atoms with Crippen LogP contribution >= 0.6 is 15.9 Å². The smallest absolute Gasteiger partial charge is 0.222 e. The van der Waals surface area contributed by atoms with Gasteiger partial charge in [0.05, 0.1) is 0 Å². The zero-order chi connectivity index (χ0) is 13.1. The van der Waals surface area contributed by atoms with Gasteiger partial charge in [-0.1, -0.05) is 29.8 Å². The molecular weight excluding hydrogens is 292 g/mol. The van der Waals surface area contributed by atoms with Crippen LogP contribution in [0.25, 0.3) is 0 Å². The summed E-state index contributed by atoms with van der Waals surface area (Å²) in [4.78, 5) is 16.5. The molecule has 2 aliphatic heterocycles. The summed E-state index contributed by atoms with van der Waals surface area (Å²) < 4.78 is 0. The van der Waals surface area contributed by atoms with Gasteiger partial charge in [0.1, 0.15) is 0 Å². The summed E-state index contributed by atoms with van der Waals surface area (Å²) in [7, 11) is 0. The van der Waals surface area contributed by atoms with E-state index in [1.807, 2.05) is 0 Å². The summed E-state index contributed by atoms with van der Waals surface area (Å²) >= 11 is 3.49. The Balaban J connectivity index is 1.76. The Hall–Kier alpha value is -0.0900. The Kier molecular flexibility index (Phi) is 5.07. The first-order chi connectivity index (χ1) is 8.58. The van der Waals surface area contributed by atoms with Crippen molar-refractivity contribution in [3.63, 3.8) is 0 Å². The Labute approximate surface area is 119 Å². The van der Waals surface area contributed by atoms with Crippen molar-refractivity contribution in [2.75, 3.05) is 38.1 Å². The minimum absolute atomic E-state index is 0.363. The fourth-order valence-electron chi connectivity index (χ4n) is 3.19. The first-order valence-corrected chi connectivity index (χ1v) is 8.26. The van der Waals surface area contributed by atoms with E-state index in [-0.39, 0.29) is 0 Å². The van der Waals surface area contributed by atoms with Crippen molar-refractivity contribution in [2.24, 2.45) is 17.8 Å². The molecule has 2 saturated heterocycles. The molecule has 2 rings (SSSR count). The molecule has 0 aromatic carbocycles. The average molecular weight is 317 g/mol. The molecule has 0 saturated carbocycles. The lowest BCUT2D eigenvalue weighted by atomic mass is 10.1. The Morgan fingerprint density at radius 2 is 2.11 bits per heavy atom. The molecule has 0 aliphatic carbocycles. The molecule has 0 radical (unpaired) electrons. The number of amides is 1. The van der Waals surface area contributed by atoms with E-state index in [0.717, 1.165) is 30.8 Å². The van der Waals surface area contributed by atoms with Gasteiger partial charge in [0, 0.05) is 37.9 Å². The molecule has 2 unspecified atom stereocenters. The van der Waals surface area contributed by atoms with Gasteiger partial charge < -0.3 is 9.80 Å². The van der Waals surface area contributed by atoms with Gasteiger partial charge in [-0.2, -0.15) is 0 Å². The van der Waals surface area contributed by atoms with Crippen molar-refractivity contribution in [3.05, 3.63) is 0 Å². The largest absolute Gasteiger partial charge is 0.342 e. The molecule has 2 fully saturated rings. The molecule has 2 heterocycles. The summed E-state index contributed by atoms with van der Waals surface area (Å²) in [6.07, 6.45) is 2.00. The number of carbonyl (C=O) groups excluding carboxylic acids is 1. The number of alkyl halides is 1. The SMILES string of the molecule is CC(C)CN1CCC(CN2CC(CBr)CC2=O)C1. The van der Waals surface area contributed by atoms with Crippen LogP contribution in [0.15, 0.2) is 0 Å². The van der Waals surface area contributed by atoms with Crippen molar-refractivity contribution in [3.8, 4) is 0 Å². The standard InChI is InChI=1S/C14H25BrN2O/c1-11(2)7-16-4-3-12(8-16)9-17-10-13(6-15)5-14(17)18/h11-13H,3-10H2,1-2H3. The average Bonchev–Trinajstić information content (AvgIpc) is 2.86. The zero-order valence-corrected chi connectivity index (χ0v) is 13.2. The number of hydrogen-bond acceptors (Lipinski definition) is 2. The van der Waals surface area contributed by atoms with Crippen LogP contribution in [-0.2, 0) is 4.79 Å². The summed E-state index contributed by atoms with van der Waals surface area (Å²) in [6.45, 7) is 10.1. The van der Waals surface area contributed by atoms with Crippen LogP contribution in [0.2, 0.25) is 0 Å². The number of halogens is 1. The van der Waals surface area contributed by atoms with Gasteiger partial charge in [0.25, 0.3) is 0 Å². The predicted octanol–water partition coefficient (Wildman–Crippen LogP) is 2.21. The lowest BCUT2D eigenvalue weighted by Gasteiger charge is -2.22. The second-order valence-corrected chi connectivity index (χ2v) is 6.98. The van der Waals surface area contributed by atoms with E-state index in [0.29, 0.717) is 17.7 Å². The van der Waals surface area contributed by atoms with Crippen LogP contribution in [0.1, 0.15) is 26.7 Å². The molecule has 0 aromatic rings. The molecule has 0 spiro atoms. The van der Waals surface area contributed by atoms with E-state index < -0.39 is 0 Å². The van der Waals surface area contributed by atoms with Crippen LogP contribution in [0.3, 0.4) is 0 Å². The molecule has 0 bridgehead atoms. The molecule has 18 heavy (non-hydrogen) atoms. The monoisotopic (exact) mass is 316 g/mol. The highest BCUT2D eigenvalue weighted by Crippen LogP contribution is 2.24. The van der Waals surface area contributed by atoms with Crippen molar-refractivity contribution in [1.82, 2.24) is 9.80 Å². The second-order valence-electron chi connectivity index (χ2n) is 6.33. The number of carbonyl (C=O) groups is 1. The third kappa shape index (κ3) is 3.70. The lowest BCUT2D eigenvalue weighted by molar-refractivity contribution is -0.128. The first kappa shape index (κ1) is 14.3. The van der Waals surface area contributed by atoms with Crippen molar-refractivity contribution in [1.29, 1.82) is 0 Å². The van der Waals surface area contributed by atoms with Crippen molar-refractivity contribution < 1.29 is 4.79 Å². The Bertz CT molecular complexity index is 296. The van der Waals surface area contributed by atoms with E-state index in [1.165, 1.54) is 26.1 Å². The highest BCUT2D eigenvalue weighted by atomic mass is 79.9. The van der Waals surface area contributed by atoms with Crippen LogP contribution in [0, 0.1) is 17.8 Å². The van der Waals surface area contributed by atoms with E-state index in [9.17, 15) is 4.79 Å². The van der Waals surface area contributed by atoms with Gasteiger partial charge in [-0.3, -0.25) is 4.79 Å². The lowest BCUT2D eigenvalue weighted by Crippen LogP contribution is -2.33. The van der Waals surface area contributed by atoms with Gasteiger partial charge in [-0.25, -0.2) is 0 Å². The minimum atomic E-state index is 0.363. The minimum Gasteiger partial charge on any atom is -0.342 e. The number of likely N-dealkylation sites (tertiary alicyclic amines) is 2. The molecule has 2 atom stereocenters. The maximum Gasteiger partial charge on any atom is 0.222 e. The summed E-state index contributed by atoms with van der Waals surface area (Å²) in [5, 5.41) is 0.958. The fraction of sp³-hybridized carbons (Fsp3) is 0.929. The highest BCUT2D eigenvalue weighted by Gasteiger charge is 2.32. The van der Waals surface area contributed by atoms with Crippen LogP contribution in [0.4, 0.5) is 0 Å². The van der Waals surface area contributed by atoms with E-state index in [2.05, 4.69) is 39.6 Å². The van der Waals surface area contributed by atoms with Gasteiger partial charge in [-0.15, -0.1) is 0 Å². The Morgan fingerprint density at radius 1 is 1.33 bits per heavy atom. The topological polar surface area (TPSA) is 23.6 Å². The van der Waals surface area contributed by atoms with Gasteiger partial charge in [-0.05, 0) is 30.7 Å². The molecule has 0 N–H and O–H groups in total. The molecule has 104 valence electrons. The third-order valence-corrected chi connectivity index (χ3v) is 4.90. The molecular formula is C14H25BrN2O. The zero-order valence-electron chi connectivity index (χ0n) is 11.6. The summed E-state index contributed by atoms with van der Waals surface area (Å²) in [5.41, 5.74) is 0. The molecule has 4 heteroatoms. The first-order valence-electron chi connectivity index (χ1n) is 7.14. The maximum absolute atomic E-state index is 11.9. The highest BCUT2D eigenvalue weighted by molar-refractivity contribution is 9.09. The molecule has 1 amide bonds. The normalized spacial score (nSPS) is 29.8. The maximum atomic E-state index is 11.9. The second kappa shape index (κ2) is 6.38. The fourth-order valence-corrected chi connectivity index (χ4v) is 3.62. The summed E-state index contributed by atoms with van der Waals surface area (Å²) in [6, 6.07) is 0. The summed E-state index contributed by atoms with van der Waals surface area (Å²) in [5.74, 6) is 2.34. The number of hydrogen-bond donors (Lipinski definition) is 0.